The maximum Gasteiger partial charge on any atom is 0.319 e. The number of rotatable bonds is 3. The van der Waals surface area contributed by atoms with Gasteiger partial charge in [0, 0.05) is 18.7 Å². The Labute approximate surface area is 111 Å². The monoisotopic (exact) mass is 259 g/mol. The van der Waals surface area contributed by atoms with Gasteiger partial charge in [-0.2, -0.15) is 5.10 Å². The van der Waals surface area contributed by atoms with Crippen molar-refractivity contribution in [2.75, 3.05) is 5.32 Å². The van der Waals surface area contributed by atoms with Gasteiger partial charge >= 0.3 is 6.03 Å². The average Bonchev–Trinajstić information content (AvgIpc) is 2.75. The Hall–Kier alpha value is -2.37. The second-order valence-electron chi connectivity index (χ2n) is 4.54. The van der Waals surface area contributed by atoms with Crippen molar-refractivity contribution in [1.29, 1.82) is 0 Å². The van der Waals surface area contributed by atoms with E-state index in [4.69, 9.17) is 0 Å². The average molecular weight is 259 g/mol. The van der Waals surface area contributed by atoms with Crippen molar-refractivity contribution in [3.05, 3.63) is 30.6 Å². The summed E-state index contributed by atoms with van der Waals surface area (Å²) in [6, 6.07) is 7.29. The van der Waals surface area contributed by atoms with Crippen LogP contribution in [0.25, 0.3) is 11.4 Å². The summed E-state index contributed by atoms with van der Waals surface area (Å²) in [6.07, 6.45) is 1.63. The molecule has 0 fully saturated rings. The summed E-state index contributed by atoms with van der Waals surface area (Å²) >= 11 is 0. The van der Waals surface area contributed by atoms with E-state index in [2.05, 4.69) is 20.7 Å². The van der Waals surface area contributed by atoms with Crippen LogP contribution in [0.3, 0.4) is 0 Å². The van der Waals surface area contributed by atoms with Crippen molar-refractivity contribution in [1.82, 2.24) is 20.1 Å². The Morgan fingerprint density at radius 3 is 2.68 bits per heavy atom. The fourth-order valence-electron chi connectivity index (χ4n) is 1.67. The summed E-state index contributed by atoms with van der Waals surface area (Å²) in [5, 5.41) is 9.83. The quantitative estimate of drug-likeness (QED) is 0.885. The molecule has 0 aliphatic carbocycles. The van der Waals surface area contributed by atoms with Crippen LogP contribution in [0.15, 0.2) is 30.6 Å². The van der Waals surface area contributed by atoms with E-state index < -0.39 is 0 Å². The molecule has 0 radical (unpaired) electrons. The third kappa shape index (κ3) is 3.31. The molecule has 0 aliphatic rings. The number of nitrogens with zero attached hydrogens (tertiary/aromatic N) is 3. The van der Waals surface area contributed by atoms with E-state index in [9.17, 15) is 4.79 Å². The first-order chi connectivity index (χ1) is 9.06. The van der Waals surface area contributed by atoms with Crippen molar-refractivity contribution in [2.24, 2.45) is 7.05 Å². The molecule has 0 saturated carbocycles. The highest BCUT2D eigenvalue weighted by Crippen LogP contribution is 2.24. The Kier molecular flexibility index (Phi) is 3.79. The molecule has 6 nitrogen and oxygen atoms in total. The lowest BCUT2D eigenvalue weighted by Gasteiger charge is -2.12. The summed E-state index contributed by atoms with van der Waals surface area (Å²) in [4.78, 5) is 15.9. The first-order valence-electron chi connectivity index (χ1n) is 6.09. The molecule has 0 aliphatic heterocycles. The van der Waals surface area contributed by atoms with Crippen molar-refractivity contribution in [3.63, 3.8) is 0 Å². The molecule has 1 aromatic carbocycles. The first kappa shape index (κ1) is 13.1. The van der Waals surface area contributed by atoms with Gasteiger partial charge in [0.05, 0.1) is 5.69 Å². The van der Waals surface area contributed by atoms with Gasteiger partial charge in [0.25, 0.3) is 0 Å². The smallest absolute Gasteiger partial charge is 0.319 e. The van der Waals surface area contributed by atoms with Gasteiger partial charge in [-0.3, -0.25) is 4.68 Å². The lowest BCUT2D eigenvalue weighted by Crippen LogP contribution is -2.34. The second-order valence-corrected chi connectivity index (χ2v) is 4.54. The number of carbonyl (C=O) groups excluding carboxylic acids is 1. The van der Waals surface area contributed by atoms with E-state index in [0.717, 1.165) is 5.56 Å². The first-order valence-corrected chi connectivity index (χ1v) is 6.09. The molecule has 2 aromatic rings. The predicted molar refractivity (Wildman–Crippen MR) is 73.7 cm³/mol. The van der Waals surface area contributed by atoms with E-state index in [1.807, 2.05) is 38.1 Å². The van der Waals surface area contributed by atoms with Gasteiger partial charge in [-0.1, -0.05) is 12.1 Å². The van der Waals surface area contributed by atoms with Gasteiger partial charge in [-0.05, 0) is 26.0 Å². The largest absolute Gasteiger partial charge is 0.336 e. The van der Waals surface area contributed by atoms with Crippen LogP contribution in [0.4, 0.5) is 10.5 Å². The maximum absolute atomic E-state index is 11.7. The van der Waals surface area contributed by atoms with Gasteiger partial charge in [0.15, 0.2) is 5.82 Å². The number of amides is 2. The summed E-state index contributed by atoms with van der Waals surface area (Å²) < 4.78 is 1.63. The Balaban J connectivity index is 2.24. The molecule has 0 atom stereocenters. The molecule has 0 spiro atoms. The van der Waals surface area contributed by atoms with Crippen molar-refractivity contribution < 1.29 is 4.79 Å². The van der Waals surface area contributed by atoms with Gasteiger partial charge in [-0.25, -0.2) is 9.78 Å². The number of aryl methyl sites for hydroxylation is 1. The molecule has 100 valence electrons. The van der Waals surface area contributed by atoms with E-state index in [-0.39, 0.29) is 12.1 Å². The number of hydrogen-bond donors (Lipinski definition) is 2. The third-order valence-corrected chi connectivity index (χ3v) is 2.44. The van der Waals surface area contributed by atoms with Crippen LogP contribution in [0.2, 0.25) is 0 Å². The van der Waals surface area contributed by atoms with Crippen LogP contribution in [-0.2, 0) is 7.05 Å². The van der Waals surface area contributed by atoms with Crippen molar-refractivity contribution in [2.45, 2.75) is 19.9 Å². The molecule has 1 heterocycles. The minimum atomic E-state index is -0.238. The zero-order valence-electron chi connectivity index (χ0n) is 11.2. The number of hydrogen-bond acceptors (Lipinski definition) is 3. The van der Waals surface area contributed by atoms with Crippen LogP contribution >= 0.6 is 0 Å². The number of urea groups is 1. The molecular formula is C13H17N5O. The highest BCUT2D eigenvalue weighted by molar-refractivity contribution is 5.93. The number of anilines is 1. The van der Waals surface area contributed by atoms with Crippen molar-refractivity contribution >= 4 is 11.7 Å². The molecule has 0 unspecified atom stereocenters. The molecule has 6 heteroatoms. The summed E-state index contributed by atoms with van der Waals surface area (Å²) in [6.45, 7) is 3.82. The molecule has 19 heavy (non-hydrogen) atoms. The van der Waals surface area contributed by atoms with Gasteiger partial charge in [0.2, 0.25) is 0 Å². The van der Waals surface area contributed by atoms with Crippen molar-refractivity contribution in [3.8, 4) is 11.4 Å². The lowest BCUT2D eigenvalue weighted by molar-refractivity contribution is 0.250. The fourth-order valence-corrected chi connectivity index (χ4v) is 1.67. The second kappa shape index (κ2) is 5.51. The highest BCUT2D eigenvalue weighted by Gasteiger charge is 2.11. The Morgan fingerprint density at radius 1 is 1.32 bits per heavy atom. The number of aromatic nitrogens is 3. The molecule has 2 rings (SSSR count). The summed E-state index contributed by atoms with van der Waals surface area (Å²) in [7, 11) is 1.80. The van der Waals surface area contributed by atoms with Gasteiger partial charge in [0.1, 0.15) is 6.33 Å². The topological polar surface area (TPSA) is 71.8 Å². The van der Waals surface area contributed by atoms with E-state index in [1.165, 1.54) is 0 Å². The maximum atomic E-state index is 11.7. The molecule has 0 bridgehead atoms. The molecule has 1 aromatic heterocycles. The minimum Gasteiger partial charge on any atom is -0.336 e. The SMILES string of the molecule is CC(C)NC(=O)Nc1ccccc1-c1ncn(C)n1. The van der Waals surface area contributed by atoms with Crippen LogP contribution in [0, 0.1) is 0 Å². The van der Waals surface area contributed by atoms with Gasteiger partial charge < -0.3 is 10.6 Å². The van der Waals surface area contributed by atoms with Crippen LogP contribution in [-0.4, -0.2) is 26.8 Å². The van der Waals surface area contributed by atoms with Crippen LogP contribution in [0.5, 0.6) is 0 Å². The number of para-hydroxylation sites is 1. The zero-order chi connectivity index (χ0) is 13.8. The summed E-state index contributed by atoms with van der Waals surface area (Å²) in [5.41, 5.74) is 1.48. The molecule has 2 amide bonds. The number of nitrogens with one attached hydrogen (secondary N) is 2. The van der Waals surface area contributed by atoms with E-state index >= 15 is 0 Å². The third-order valence-electron chi connectivity index (χ3n) is 2.44. The minimum absolute atomic E-state index is 0.0835. The normalized spacial score (nSPS) is 10.5. The number of benzene rings is 1. The molecule has 2 N–H and O–H groups in total. The fraction of sp³-hybridized carbons (Fsp3) is 0.308. The molecular weight excluding hydrogens is 242 g/mol. The molecule has 0 saturated heterocycles. The Morgan fingerprint density at radius 2 is 2.05 bits per heavy atom. The number of carbonyl (C=O) groups is 1. The Bertz CT molecular complexity index is 576. The van der Waals surface area contributed by atoms with Gasteiger partial charge in [-0.15, -0.1) is 0 Å². The van der Waals surface area contributed by atoms with E-state index in [0.29, 0.717) is 11.5 Å². The van der Waals surface area contributed by atoms with Crippen LogP contribution < -0.4 is 10.6 Å². The van der Waals surface area contributed by atoms with E-state index in [1.54, 1.807) is 18.1 Å². The lowest BCUT2D eigenvalue weighted by atomic mass is 10.1. The standard InChI is InChI=1S/C13H17N5O/c1-9(2)15-13(19)16-11-7-5-4-6-10(11)12-14-8-18(3)17-12/h4-9H,1-3H3,(H2,15,16,19). The summed E-state index contributed by atoms with van der Waals surface area (Å²) in [5.74, 6) is 0.586. The zero-order valence-corrected chi connectivity index (χ0v) is 11.2. The van der Waals surface area contributed by atoms with Crippen LogP contribution in [0.1, 0.15) is 13.8 Å². The predicted octanol–water partition coefficient (Wildman–Crippen LogP) is 2.01. The highest BCUT2D eigenvalue weighted by atomic mass is 16.2.